The number of ether oxygens (including phenoxy) is 1. The zero-order valence-corrected chi connectivity index (χ0v) is 16.6. The Morgan fingerprint density at radius 2 is 1.63 bits per heavy atom. The van der Waals surface area contributed by atoms with E-state index in [9.17, 15) is 14.4 Å². The summed E-state index contributed by atoms with van der Waals surface area (Å²) in [5.74, 6) is -0.249. The van der Waals surface area contributed by atoms with E-state index in [4.69, 9.17) is 4.74 Å². The molecule has 1 fully saturated rings. The van der Waals surface area contributed by atoms with E-state index in [-0.39, 0.29) is 24.3 Å². The summed E-state index contributed by atoms with van der Waals surface area (Å²) >= 11 is 0. The molecule has 0 aromatic heterocycles. The molecule has 2 amide bonds. The summed E-state index contributed by atoms with van der Waals surface area (Å²) in [4.78, 5) is 39.4. The van der Waals surface area contributed by atoms with Gasteiger partial charge in [0.1, 0.15) is 5.60 Å². The molecule has 1 aliphatic rings. The van der Waals surface area contributed by atoms with Crippen molar-refractivity contribution in [1.29, 1.82) is 0 Å². The third-order valence-electron chi connectivity index (χ3n) is 4.27. The molecule has 2 rings (SSSR count). The Balaban J connectivity index is 1.87. The zero-order valence-electron chi connectivity index (χ0n) is 16.6. The van der Waals surface area contributed by atoms with E-state index in [1.165, 1.54) is 0 Å². The topological polar surface area (TPSA) is 79.0 Å². The number of carbonyl (C=O) groups is 3. The van der Waals surface area contributed by atoms with Gasteiger partial charge < -0.3 is 19.9 Å². The molecule has 1 aromatic rings. The molecule has 27 heavy (non-hydrogen) atoms. The fourth-order valence-electron chi connectivity index (χ4n) is 2.70. The Bertz CT molecular complexity index is 671. The van der Waals surface area contributed by atoms with Crippen molar-refractivity contribution < 1.29 is 19.1 Å². The molecule has 0 spiro atoms. The number of ketones is 1. The number of hydrogen-bond donors (Lipinski definition) is 1. The average molecular weight is 375 g/mol. The Morgan fingerprint density at radius 1 is 1.04 bits per heavy atom. The van der Waals surface area contributed by atoms with Crippen molar-refractivity contribution in [2.45, 2.75) is 39.7 Å². The highest BCUT2D eigenvalue weighted by atomic mass is 16.6. The molecule has 7 heteroatoms. The van der Waals surface area contributed by atoms with Gasteiger partial charge in [0.15, 0.2) is 5.78 Å². The van der Waals surface area contributed by atoms with Crippen LogP contribution in [0, 0.1) is 0 Å². The molecule has 148 valence electrons. The normalized spacial score (nSPS) is 14.7. The number of hydrogen-bond acceptors (Lipinski definition) is 5. The molecular formula is C20H29N3O4. The first-order chi connectivity index (χ1) is 12.7. The molecular weight excluding hydrogens is 346 g/mol. The number of piperazine rings is 1. The lowest BCUT2D eigenvalue weighted by Gasteiger charge is -2.36. The summed E-state index contributed by atoms with van der Waals surface area (Å²) in [6, 6.07) is 7.28. The summed E-state index contributed by atoms with van der Waals surface area (Å²) in [5.41, 5.74) is 1.03. The molecule has 0 aliphatic carbocycles. The highest BCUT2D eigenvalue weighted by Crippen LogP contribution is 2.19. The highest BCUT2D eigenvalue weighted by molar-refractivity contribution is 5.97. The first-order valence-corrected chi connectivity index (χ1v) is 9.32. The SMILES string of the molecule is CCC(=O)CNC(=O)c1ccc(N2CCN(C(=O)OC(C)(C)C)CC2)cc1. The maximum absolute atomic E-state index is 12.1. The van der Waals surface area contributed by atoms with Crippen molar-refractivity contribution in [1.82, 2.24) is 10.2 Å². The molecule has 0 atom stereocenters. The van der Waals surface area contributed by atoms with Gasteiger partial charge in [-0.3, -0.25) is 9.59 Å². The van der Waals surface area contributed by atoms with Crippen molar-refractivity contribution in [3.63, 3.8) is 0 Å². The van der Waals surface area contributed by atoms with Gasteiger partial charge in [0.05, 0.1) is 6.54 Å². The highest BCUT2D eigenvalue weighted by Gasteiger charge is 2.26. The van der Waals surface area contributed by atoms with E-state index >= 15 is 0 Å². The number of anilines is 1. The van der Waals surface area contributed by atoms with Crippen LogP contribution in [0.5, 0.6) is 0 Å². The fourth-order valence-corrected chi connectivity index (χ4v) is 2.70. The van der Waals surface area contributed by atoms with Crippen LogP contribution >= 0.6 is 0 Å². The summed E-state index contributed by atoms with van der Waals surface area (Å²) in [6.07, 6.45) is 0.130. The second-order valence-corrected chi connectivity index (χ2v) is 7.58. The van der Waals surface area contributed by atoms with E-state index in [1.54, 1.807) is 24.0 Å². The van der Waals surface area contributed by atoms with E-state index in [1.807, 2.05) is 32.9 Å². The predicted octanol–water partition coefficient (Wildman–Crippen LogP) is 2.45. The molecule has 0 radical (unpaired) electrons. The number of nitrogens with one attached hydrogen (secondary N) is 1. The van der Waals surface area contributed by atoms with Crippen LogP contribution in [0.4, 0.5) is 10.5 Å². The smallest absolute Gasteiger partial charge is 0.410 e. The third-order valence-corrected chi connectivity index (χ3v) is 4.27. The zero-order chi connectivity index (χ0) is 20.0. The lowest BCUT2D eigenvalue weighted by atomic mass is 10.1. The number of benzene rings is 1. The fraction of sp³-hybridized carbons (Fsp3) is 0.550. The van der Waals surface area contributed by atoms with Crippen molar-refractivity contribution in [2.75, 3.05) is 37.6 Å². The molecule has 1 aromatic carbocycles. The van der Waals surface area contributed by atoms with Crippen LogP contribution in [0.1, 0.15) is 44.5 Å². The van der Waals surface area contributed by atoms with Crippen LogP contribution in [-0.4, -0.2) is 61.0 Å². The minimum absolute atomic E-state index is 0.00262. The summed E-state index contributed by atoms with van der Waals surface area (Å²) in [5, 5.41) is 2.63. The van der Waals surface area contributed by atoms with Crippen LogP contribution < -0.4 is 10.2 Å². The average Bonchev–Trinajstić information content (AvgIpc) is 2.64. The second-order valence-electron chi connectivity index (χ2n) is 7.58. The van der Waals surface area contributed by atoms with Crippen molar-refractivity contribution in [2.24, 2.45) is 0 Å². The van der Waals surface area contributed by atoms with Crippen LogP contribution in [-0.2, 0) is 9.53 Å². The summed E-state index contributed by atoms with van der Waals surface area (Å²) < 4.78 is 5.41. The summed E-state index contributed by atoms with van der Waals surface area (Å²) in [7, 11) is 0. The first-order valence-electron chi connectivity index (χ1n) is 9.32. The molecule has 0 unspecified atom stereocenters. The number of Topliss-reactive ketones (excluding diaryl/α,β-unsaturated/α-hetero) is 1. The van der Waals surface area contributed by atoms with Crippen LogP contribution in [0.15, 0.2) is 24.3 Å². The lowest BCUT2D eigenvalue weighted by molar-refractivity contribution is -0.117. The van der Waals surface area contributed by atoms with Gasteiger partial charge in [-0.05, 0) is 45.0 Å². The van der Waals surface area contributed by atoms with Crippen molar-refractivity contribution in [3.05, 3.63) is 29.8 Å². The lowest BCUT2D eigenvalue weighted by Crippen LogP contribution is -2.50. The first kappa shape index (κ1) is 20.7. The van der Waals surface area contributed by atoms with Gasteiger partial charge in [0.2, 0.25) is 0 Å². The predicted molar refractivity (Wildman–Crippen MR) is 104 cm³/mol. The number of rotatable bonds is 5. The number of carbonyl (C=O) groups excluding carboxylic acids is 3. The summed E-state index contributed by atoms with van der Waals surface area (Å²) in [6.45, 7) is 10.00. The molecule has 1 N–H and O–H groups in total. The standard InChI is InChI=1S/C20H29N3O4/c1-5-17(24)14-21-18(25)15-6-8-16(9-7-15)22-10-12-23(13-11-22)19(26)27-20(2,3)4/h6-9H,5,10-14H2,1-4H3,(H,21,25). The Morgan fingerprint density at radius 3 is 2.15 bits per heavy atom. The van der Waals surface area contributed by atoms with Gasteiger partial charge in [-0.2, -0.15) is 0 Å². The molecule has 1 aliphatic heterocycles. The van der Waals surface area contributed by atoms with Gasteiger partial charge in [0.25, 0.3) is 5.91 Å². The van der Waals surface area contributed by atoms with E-state index < -0.39 is 5.60 Å². The largest absolute Gasteiger partial charge is 0.444 e. The molecule has 0 saturated carbocycles. The molecule has 7 nitrogen and oxygen atoms in total. The van der Waals surface area contributed by atoms with Gasteiger partial charge in [-0.1, -0.05) is 6.92 Å². The third kappa shape index (κ3) is 6.27. The van der Waals surface area contributed by atoms with Gasteiger partial charge in [-0.25, -0.2) is 4.79 Å². The number of nitrogens with zero attached hydrogens (tertiary/aromatic N) is 2. The minimum atomic E-state index is -0.494. The van der Waals surface area contributed by atoms with Gasteiger partial charge in [-0.15, -0.1) is 0 Å². The Kier molecular flexibility index (Phi) is 6.82. The Labute approximate surface area is 160 Å². The van der Waals surface area contributed by atoms with E-state index in [0.29, 0.717) is 38.2 Å². The van der Waals surface area contributed by atoms with Crippen molar-refractivity contribution >= 4 is 23.5 Å². The van der Waals surface area contributed by atoms with Crippen LogP contribution in [0.3, 0.4) is 0 Å². The quantitative estimate of drug-likeness (QED) is 0.855. The van der Waals surface area contributed by atoms with Crippen LogP contribution in [0.2, 0.25) is 0 Å². The maximum atomic E-state index is 12.1. The second kappa shape index (κ2) is 8.88. The van der Waals surface area contributed by atoms with Gasteiger partial charge >= 0.3 is 6.09 Å². The van der Waals surface area contributed by atoms with Crippen LogP contribution in [0.25, 0.3) is 0 Å². The maximum Gasteiger partial charge on any atom is 0.410 e. The monoisotopic (exact) mass is 375 g/mol. The number of amides is 2. The molecule has 1 saturated heterocycles. The minimum Gasteiger partial charge on any atom is -0.444 e. The van der Waals surface area contributed by atoms with Crippen molar-refractivity contribution in [3.8, 4) is 0 Å². The molecule has 0 bridgehead atoms. The van der Waals surface area contributed by atoms with E-state index in [0.717, 1.165) is 5.69 Å². The van der Waals surface area contributed by atoms with Gasteiger partial charge in [0, 0.05) is 43.9 Å². The Hall–Kier alpha value is -2.57. The van der Waals surface area contributed by atoms with E-state index in [2.05, 4.69) is 10.2 Å². The molecule has 1 heterocycles.